The predicted octanol–water partition coefficient (Wildman–Crippen LogP) is 2.37. The summed E-state index contributed by atoms with van der Waals surface area (Å²) in [5, 5.41) is 3.18. The maximum absolute atomic E-state index is 5.38. The second-order valence-corrected chi connectivity index (χ2v) is 4.32. The molecular formula is C8H11Br2N3. The molecule has 0 amide bonds. The molecule has 1 aromatic rings. The zero-order chi connectivity index (χ0) is 9.68. The minimum absolute atomic E-state index is 0.696. The Balaban J connectivity index is 2.56. The minimum atomic E-state index is 0.696. The summed E-state index contributed by atoms with van der Waals surface area (Å²) < 4.78 is 1.92. The van der Waals surface area contributed by atoms with Crippen LogP contribution in [-0.2, 0) is 0 Å². The van der Waals surface area contributed by atoms with Gasteiger partial charge in [-0.25, -0.2) is 4.98 Å². The van der Waals surface area contributed by atoms with E-state index in [1.165, 1.54) is 0 Å². The van der Waals surface area contributed by atoms with Crippen LogP contribution in [-0.4, -0.2) is 18.1 Å². The van der Waals surface area contributed by atoms with Crippen molar-refractivity contribution in [3.05, 3.63) is 21.2 Å². The number of aromatic nitrogens is 1. The van der Waals surface area contributed by atoms with Gasteiger partial charge in [-0.2, -0.15) is 0 Å². The molecule has 0 bridgehead atoms. The van der Waals surface area contributed by atoms with E-state index in [9.17, 15) is 0 Å². The van der Waals surface area contributed by atoms with Gasteiger partial charge in [-0.3, -0.25) is 0 Å². The number of hydrogen-bond acceptors (Lipinski definition) is 3. The molecule has 13 heavy (non-hydrogen) atoms. The van der Waals surface area contributed by atoms with E-state index in [1.807, 2.05) is 6.07 Å². The highest BCUT2D eigenvalue weighted by atomic mass is 79.9. The molecule has 0 aromatic carbocycles. The molecule has 0 aliphatic heterocycles. The van der Waals surface area contributed by atoms with Gasteiger partial charge in [0.15, 0.2) is 0 Å². The van der Waals surface area contributed by atoms with E-state index in [0.717, 1.165) is 27.7 Å². The molecule has 0 aliphatic carbocycles. The lowest BCUT2D eigenvalue weighted by atomic mass is 10.4. The van der Waals surface area contributed by atoms with Gasteiger partial charge >= 0.3 is 0 Å². The van der Waals surface area contributed by atoms with Crippen molar-refractivity contribution in [1.82, 2.24) is 4.98 Å². The molecule has 1 aromatic heterocycles. The smallest absolute Gasteiger partial charge is 0.140 e. The Bertz CT molecular complexity index is 278. The van der Waals surface area contributed by atoms with Gasteiger partial charge in [-0.15, -0.1) is 0 Å². The van der Waals surface area contributed by atoms with Crippen molar-refractivity contribution in [3.8, 4) is 0 Å². The van der Waals surface area contributed by atoms with Crippen molar-refractivity contribution in [2.75, 3.05) is 18.4 Å². The average molecular weight is 309 g/mol. The number of nitrogens with zero attached hydrogens (tertiary/aromatic N) is 1. The number of halogens is 2. The summed E-state index contributed by atoms with van der Waals surface area (Å²) in [5.74, 6) is 0.858. The van der Waals surface area contributed by atoms with Gasteiger partial charge in [-0.05, 0) is 50.9 Å². The Labute approximate surface area is 94.4 Å². The van der Waals surface area contributed by atoms with Gasteiger partial charge in [-0.1, -0.05) is 0 Å². The molecule has 0 atom stereocenters. The van der Waals surface area contributed by atoms with Crippen LogP contribution in [0.5, 0.6) is 0 Å². The molecule has 0 unspecified atom stereocenters. The van der Waals surface area contributed by atoms with E-state index < -0.39 is 0 Å². The molecule has 0 radical (unpaired) electrons. The van der Waals surface area contributed by atoms with E-state index in [1.54, 1.807) is 6.20 Å². The summed E-state index contributed by atoms with van der Waals surface area (Å²) in [6.07, 6.45) is 2.71. The number of anilines is 1. The molecule has 3 nitrogen and oxygen atoms in total. The molecule has 0 fully saturated rings. The molecule has 1 heterocycles. The third-order valence-corrected chi connectivity index (χ3v) is 2.52. The second-order valence-electron chi connectivity index (χ2n) is 2.55. The molecule has 5 heteroatoms. The normalized spacial score (nSPS) is 10.1. The fourth-order valence-electron chi connectivity index (χ4n) is 0.854. The number of nitrogens with two attached hydrogens (primary N) is 1. The first kappa shape index (κ1) is 10.9. The van der Waals surface area contributed by atoms with Crippen molar-refractivity contribution >= 4 is 37.7 Å². The zero-order valence-corrected chi connectivity index (χ0v) is 10.2. The van der Waals surface area contributed by atoms with Crippen LogP contribution in [0.2, 0.25) is 0 Å². The van der Waals surface area contributed by atoms with Crippen molar-refractivity contribution in [2.24, 2.45) is 5.73 Å². The van der Waals surface area contributed by atoms with Gasteiger partial charge < -0.3 is 11.1 Å². The molecular weight excluding hydrogens is 298 g/mol. The number of nitrogens with one attached hydrogen (secondary N) is 1. The topological polar surface area (TPSA) is 50.9 Å². The van der Waals surface area contributed by atoms with Crippen LogP contribution in [0.4, 0.5) is 5.82 Å². The molecule has 0 spiro atoms. The second kappa shape index (κ2) is 5.57. The Kier molecular flexibility index (Phi) is 4.69. The summed E-state index contributed by atoms with van der Waals surface area (Å²) in [6.45, 7) is 1.55. The Morgan fingerprint density at radius 3 is 2.85 bits per heavy atom. The lowest BCUT2D eigenvalue weighted by Gasteiger charge is -2.06. The van der Waals surface area contributed by atoms with Crippen LogP contribution in [0, 0.1) is 0 Å². The highest BCUT2D eigenvalue weighted by Gasteiger charge is 2.00. The van der Waals surface area contributed by atoms with E-state index in [-0.39, 0.29) is 0 Å². The minimum Gasteiger partial charge on any atom is -0.369 e. The van der Waals surface area contributed by atoms with Crippen molar-refractivity contribution < 1.29 is 0 Å². The fraction of sp³-hybridized carbons (Fsp3) is 0.375. The van der Waals surface area contributed by atoms with E-state index in [4.69, 9.17) is 5.73 Å². The van der Waals surface area contributed by atoms with Gasteiger partial charge in [0.1, 0.15) is 5.82 Å². The molecule has 3 N–H and O–H groups in total. The summed E-state index contributed by atoms with van der Waals surface area (Å²) in [4.78, 5) is 4.20. The first-order valence-electron chi connectivity index (χ1n) is 3.99. The Hall–Kier alpha value is -0.130. The van der Waals surface area contributed by atoms with E-state index >= 15 is 0 Å². The van der Waals surface area contributed by atoms with E-state index in [2.05, 4.69) is 42.2 Å². The van der Waals surface area contributed by atoms with Gasteiger partial charge in [0.05, 0.1) is 4.47 Å². The third-order valence-electron chi connectivity index (χ3n) is 1.48. The first-order valence-corrected chi connectivity index (χ1v) is 5.57. The highest BCUT2D eigenvalue weighted by Crippen LogP contribution is 2.23. The van der Waals surface area contributed by atoms with Crippen LogP contribution < -0.4 is 11.1 Å². The Morgan fingerprint density at radius 2 is 2.23 bits per heavy atom. The number of pyridine rings is 1. The molecule has 72 valence electrons. The number of hydrogen-bond donors (Lipinski definition) is 2. The molecule has 0 saturated carbocycles. The standard InChI is InChI=1S/C8H11Br2N3/c9-6-4-7(10)8(13-5-6)12-3-1-2-11/h4-5H,1-3,11H2,(H,12,13). The average Bonchev–Trinajstić information content (AvgIpc) is 2.09. The summed E-state index contributed by atoms with van der Waals surface area (Å²) in [7, 11) is 0. The van der Waals surface area contributed by atoms with E-state index in [0.29, 0.717) is 6.54 Å². The maximum atomic E-state index is 5.38. The summed E-state index contributed by atoms with van der Waals surface area (Å²) in [6, 6.07) is 1.96. The predicted molar refractivity (Wildman–Crippen MR) is 61.8 cm³/mol. The molecule has 1 rings (SSSR count). The SMILES string of the molecule is NCCCNc1ncc(Br)cc1Br. The van der Waals surface area contributed by atoms with Crippen molar-refractivity contribution in [2.45, 2.75) is 6.42 Å². The lowest BCUT2D eigenvalue weighted by Crippen LogP contribution is -2.09. The fourth-order valence-corrected chi connectivity index (χ4v) is 1.98. The molecule has 0 saturated heterocycles. The van der Waals surface area contributed by atoms with Gasteiger partial charge in [0.25, 0.3) is 0 Å². The van der Waals surface area contributed by atoms with Crippen LogP contribution in [0.15, 0.2) is 21.2 Å². The Morgan fingerprint density at radius 1 is 1.46 bits per heavy atom. The maximum Gasteiger partial charge on any atom is 0.140 e. The summed E-state index contributed by atoms with van der Waals surface area (Å²) in [5.41, 5.74) is 5.38. The third kappa shape index (κ3) is 3.62. The largest absolute Gasteiger partial charge is 0.369 e. The first-order chi connectivity index (χ1) is 6.24. The van der Waals surface area contributed by atoms with Crippen LogP contribution in [0.1, 0.15) is 6.42 Å². The van der Waals surface area contributed by atoms with Crippen molar-refractivity contribution in [1.29, 1.82) is 0 Å². The van der Waals surface area contributed by atoms with Gasteiger partial charge in [0.2, 0.25) is 0 Å². The van der Waals surface area contributed by atoms with Crippen LogP contribution >= 0.6 is 31.9 Å². The lowest BCUT2D eigenvalue weighted by molar-refractivity contribution is 0.869. The van der Waals surface area contributed by atoms with Crippen molar-refractivity contribution in [3.63, 3.8) is 0 Å². The summed E-state index contributed by atoms with van der Waals surface area (Å²) >= 11 is 6.75. The molecule has 0 aliphatic rings. The van der Waals surface area contributed by atoms with Crippen LogP contribution in [0.3, 0.4) is 0 Å². The van der Waals surface area contributed by atoms with Crippen LogP contribution in [0.25, 0.3) is 0 Å². The van der Waals surface area contributed by atoms with Gasteiger partial charge in [0, 0.05) is 17.2 Å². The zero-order valence-electron chi connectivity index (χ0n) is 7.06. The highest BCUT2D eigenvalue weighted by molar-refractivity contribution is 9.11. The quantitative estimate of drug-likeness (QED) is 0.840. The number of rotatable bonds is 4. The monoisotopic (exact) mass is 307 g/mol.